The van der Waals surface area contributed by atoms with Crippen LogP contribution in [0.15, 0.2) is 59.5 Å². The lowest BCUT2D eigenvalue weighted by molar-refractivity contribution is -0.137. The molecular weight excluding hydrogens is 333 g/mol. The molecule has 0 spiro atoms. The second kappa shape index (κ2) is 6.00. The van der Waals surface area contributed by atoms with Gasteiger partial charge in [-0.15, -0.1) is 0 Å². The van der Waals surface area contributed by atoms with Gasteiger partial charge in [0.2, 0.25) is 0 Å². The van der Waals surface area contributed by atoms with Crippen molar-refractivity contribution in [2.24, 2.45) is 0 Å². The summed E-state index contributed by atoms with van der Waals surface area (Å²) in [7, 11) is 0. The van der Waals surface area contributed by atoms with Gasteiger partial charge in [-0.3, -0.25) is 4.79 Å². The van der Waals surface area contributed by atoms with Crippen LogP contribution in [0.5, 0.6) is 0 Å². The van der Waals surface area contributed by atoms with Crippen molar-refractivity contribution in [3.63, 3.8) is 0 Å². The number of benzene rings is 2. The fourth-order valence-electron chi connectivity index (χ4n) is 2.65. The maximum Gasteiger partial charge on any atom is 0.416 e. The summed E-state index contributed by atoms with van der Waals surface area (Å²) in [6.07, 6.45) is -3.02. The highest BCUT2D eigenvalue weighted by molar-refractivity contribution is 5.80. The fraction of sp³-hybridized carbons (Fsp3) is 0.222. The second-order valence-corrected chi connectivity index (χ2v) is 6.05. The van der Waals surface area contributed by atoms with Crippen LogP contribution in [0.4, 0.5) is 13.2 Å². The predicted octanol–water partition coefficient (Wildman–Crippen LogP) is 3.32. The molecule has 0 aliphatic carbocycles. The van der Waals surface area contributed by atoms with Gasteiger partial charge in [0.25, 0.3) is 5.56 Å². The molecule has 3 aromatic rings. The Labute approximate surface area is 141 Å². The molecule has 7 heteroatoms. The standard InChI is InChI=1S/C18H15F3N2O2/c1-17(25,13-6-4-7-14(9-13)18(19,20)21)11-23-16(24)15-8-3-2-5-12(15)10-22-23/h2-10,25H,11H2,1H3. The van der Waals surface area contributed by atoms with Crippen LogP contribution in [0, 0.1) is 0 Å². The van der Waals surface area contributed by atoms with Crippen molar-refractivity contribution in [2.45, 2.75) is 25.2 Å². The number of hydrogen-bond donors (Lipinski definition) is 1. The van der Waals surface area contributed by atoms with Gasteiger partial charge in [-0.25, -0.2) is 4.68 Å². The number of alkyl halides is 3. The summed E-state index contributed by atoms with van der Waals surface area (Å²) < 4.78 is 39.7. The molecule has 0 radical (unpaired) electrons. The number of hydrogen-bond acceptors (Lipinski definition) is 3. The topological polar surface area (TPSA) is 55.1 Å². The van der Waals surface area contributed by atoms with Gasteiger partial charge in [0.1, 0.15) is 5.60 Å². The maximum atomic E-state index is 12.9. The van der Waals surface area contributed by atoms with Crippen molar-refractivity contribution in [3.05, 3.63) is 76.2 Å². The van der Waals surface area contributed by atoms with Gasteiger partial charge in [0.15, 0.2) is 0 Å². The third-order valence-electron chi connectivity index (χ3n) is 4.03. The molecule has 0 saturated carbocycles. The first-order valence-electron chi connectivity index (χ1n) is 7.53. The average molecular weight is 348 g/mol. The minimum atomic E-state index is -4.51. The summed E-state index contributed by atoms with van der Waals surface area (Å²) in [5, 5.41) is 15.8. The molecule has 0 amide bonds. The summed E-state index contributed by atoms with van der Waals surface area (Å²) in [4.78, 5) is 12.5. The predicted molar refractivity (Wildman–Crippen MR) is 87.0 cm³/mol. The van der Waals surface area contributed by atoms with Crippen LogP contribution in [0.2, 0.25) is 0 Å². The molecule has 4 nitrogen and oxygen atoms in total. The van der Waals surface area contributed by atoms with E-state index in [0.29, 0.717) is 10.8 Å². The quantitative estimate of drug-likeness (QED) is 0.790. The first kappa shape index (κ1) is 17.2. The van der Waals surface area contributed by atoms with Crippen molar-refractivity contribution in [1.82, 2.24) is 9.78 Å². The van der Waals surface area contributed by atoms with Gasteiger partial charge in [-0.2, -0.15) is 18.3 Å². The van der Waals surface area contributed by atoms with E-state index in [-0.39, 0.29) is 12.1 Å². The lowest BCUT2D eigenvalue weighted by atomic mass is 9.94. The molecule has 0 saturated heterocycles. The Morgan fingerprint density at radius 1 is 1.08 bits per heavy atom. The molecule has 1 unspecified atom stereocenters. The van der Waals surface area contributed by atoms with Crippen LogP contribution in [-0.2, 0) is 18.3 Å². The summed E-state index contributed by atoms with van der Waals surface area (Å²) >= 11 is 0. The molecule has 0 aliphatic rings. The number of aromatic nitrogens is 2. The van der Waals surface area contributed by atoms with Crippen LogP contribution in [0.3, 0.4) is 0 Å². The van der Waals surface area contributed by atoms with Crippen LogP contribution in [-0.4, -0.2) is 14.9 Å². The minimum Gasteiger partial charge on any atom is -0.384 e. The number of aliphatic hydroxyl groups is 1. The summed E-state index contributed by atoms with van der Waals surface area (Å²) in [6, 6.07) is 11.3. The average Bonchev–Trinajstić information content (AvgIpc) is 2.57. The highest BCUT2D eigenvalue weighted by Crippen LogP contribution is 2.32. The van der Waals surface area contributed by atoms with E-state index < -0.39 is 22.9 Å². The largest absolute Gasteiger partial charge is 0.416 e. The van der Waals surface area contributed by atoms with Gasteiger partial charge in [-0.1, -0.05) is 30.3 Å². The third kappa shape index (κ3) is 3.41. The Hall–Kier alpha value is -2.67. The second-order valence-electron chi connectivity index (χ2n) is 6.05. The van der Waals surface area contributed by atoms with Gasteiger partial charge in [-0.05, 0) is 30.7 Å². The fourth-order valence-corrected chi connectivity index (χ4v) is 2.65. The van der Waals surface area contributed by atoms with Crippen LogP contribution in [0.25, 0.3) is 10.8 Å². The minimum absolute atomic E-state index is 0.0594. The van der Waals surface area contributed by atoms with Crippen molar-refractivity contribution in [3.8, 4) is 0 Å². The summed E-state index contributed by atoms with van der Waals surface area (Å²) in [5.74, 6) is 0. The molecule has 0 bridgehead atoms. The normalized spacial score (nSPS) is 14.4. The molecule has 0 fully saturated rings. The lowest BCUT2D eigenvalue weighted by Crippen LogP contribution is -2.35. The molecule has 1 heterocycles. The molecule has 1 atom stereocenters. The van der Waals surface area contributed by atoms with Crippen molar-refractivity contribution < 1.29 is 18.3 Å². The highest BCUT2D eigenvalue weighted by Gasteiger charge is 2.33. The molecule has 25 heavy (non-hydrogen) atoms. The van der Waals surface area contributed by atoms with Gasteiger partial charge >= 0.3 is 6.18 Å². The Morgan fingerprint density at radius 3 is 2.48 bits per heavy atom. The smallest absolute Gasteiger partial charge is 0.384 e. The van der Waals surface area contributed by atoms with Crippen LogP contribution < -0.4 is 5.56 Å². The molecule has 0 aliphatic heterocycles. The third-order valence-corrected chi connectivity index (χ3v) is 4.03. The van der Waals surface area contributed by atoms with E-state index in [1.165, 1.54) is 25.3 Å². The molecule has 2 aromatic carbocycles. The number of nitrogens with zero attached hydrogens (tertiary/aromatic N) is 2. The monoisotopic (exact) mass is 348 g/mol. The summed E-state index contributed by atoms with van der Waals surface area (Å²) in [6.45, 7) is 1.09. The molecular formula is C18H15F3N2O2. The van der Waals surface area contributed by atoms with E-state index in [1.807, 2.05) is 0 Å². The van der Waals surface area contributed by atoms with Gasteiger partial charge < -0.3 is 5.11 Å². The molecule has 1 N–H and O–H groups in total. The zero-order valence-electron chi connectivity index (χ0n) is 13.3. The van der Waals surface area contributed by atoms with Crippen molar-refractivity contribution in [1.29, 1.82) is 0 Å². The molecule has 3 rings (SSSR count). The van der Waals surface area contributed by atoms with E-state index in [0.717, 1.165) is 16.8 Å². The van der Waals surface area contributed by atoms with E-state index >= 15 is 0 Å². The van der Waals surface area contributed by atoms with Crippen molar-refractivity contribution >= 4 is 10.8 Å². The van der Waals surface area contributed by atoms with E-state index in [4.69, 9.17) is 0 Å². The highest BCUT2D eigenvalue weighted by atomic mass is 19.4. The Morgan fingerprint density at radius 2 is 1.76 bits per heavy atom. The summed E-state index contributed by atoms with van der Waals surface area (Å²) in [5.41, 5.74) is -2.90. The molecule has 130 valence electrons. The zero-order chi connectivity index (χ0) is 18.2. The zero-order valence-corrected chi connectivity index (χ0v) is 13.3. The van der Waals surface area contributed by atoms with E-state index in [1.54, 1.807) is 24.3 Å². The number of fused-ring (bicyclic) bond motifs is 1. The lowest BCUT2D eigenvalue weighted by Gasteiger charge is -2.25. The van der Waals surface area contributed by atoms with Gasteiger partial charge in [0.05, 0.1) is 23.7 Å². The first-order chi connectivity index (χ1) is 11.7. The van der Waals surface area contributed by atoms with Gasteiger partial charge in [0, 0.05) is 5.39 Å². The van der Waals surface area contributed by atoms with E-state index in [9.17, 15) is 23.1 Å². The number of halogens is 3. The molecule has 1 aromatic heterocycles. The Kier molecular flexibility index (Phi) is 4.12. The first-order valence-corrected chi connectivity index (χ1v) is 7.53. The SMILES string of the molecule is CC(O)(Cn1ncc2ccccc2c1=O)c1cccc(C(F)(F)F)c1. The van der Waals surface area contributed by atoms with Crippen LogP contribution in [0.1, 0.15) is 18.1 Å². The maximum absolute atomic E-state index is 12.9. The Bertz CT molecular complexity index is 978. The van der Waals surface area contributed by atoms with Crippen molar-refractivity contribution in [2.75, 3.05) is 0 Å². The van der Waals surface area contributed by atoms with Crippen LogP contribution >= 0.6 is 0 Å². The Balaban J connectivity index is 2.00. The van der Waals surface area contributed by atoms with E-state index in [2.05, 4.69) is 5.10 Å². The number of rotatable bonds is 3.